The lowest BCUT2D eigenvalue weighted by atomic mass is 9.97. The Morgan fingerprint density at radius 1 is 1.03 bits per heavy atom. The van der Waals surface area contributed by atoms with Crippen LogP contribution in [0.5, 0.6) is 5.75 Å². The smallest absolute Gasteiger partial charge is 0.296 e. The summed E-state index contributed by atoms with van der Waals surface area (Å²) in [7, 11) is 0. The Morgan fingerprint density at radius 2 is 1.81 bits per heavy atom. The van der Waals surface area contributed by atoms with Gasteiger partial charge in [0.15, 0.2) is 5.43 Å². The predicted molar refractivity (Wildman–Crippen MR) is 141 cm³/mol. The Morgan fingerprint density at radius 3 is 2.56 bits per heavy atom. The summed E-state index contributed by atoms with van der Waals surface area (Å²) in [5, 5.41) is 0.470. The molecule has 5 rings (SSSR count). The van der Waals surface area contributed by atoms with Gasteiger partial charge in [-0.25, -0.2) is 4.98 Å². The Balaban J connectivity index is 1.70. The summed E-state index contributed by atoms with van der Waals surface area (Å²) in [5.41, 5.74) is 4.27. The van der Waals surface area contributed by atoms with Gasteiger partial charge in [0, 0.05) is 6.20 Å². The van der Waals surface area contributed by atoms with Crippen LogP contribution in [0, 0.1) is 26.7 Å². The van der Waals surface area contributed by atoms with E-state index >= 15 is 0 Å². The quantitative estimate of drug-likeness (QED) is 0.323. The van der Waals surface area contributed by atoms with Crippen molar-refractivity contribution in [2.24, 2.45) is 5.92 Å². The minimum Gasteiger partial charge on any atom is -0.494 e. The number of carbonyl (C=O) groups is 1. The fourth-order valence-electron chi connectivity index (χ4n) is 4.62. The van der Waals surface area contributed by atoms with Gasteiger partial charge in [0.05, 0.1) is 23.6 Å². The third kappa shape index (κ3) is 4.17. The van der Waals surface area contributed by atoms with Crippen LogP contribution >= 0.6 is 0 Å². The van der Waals surface area contributed by atoms with Crippen molar-refractivity contribution in [2.75, 3.05) is 11.5 Å². The molecule has 0 spiro atoms. The minimum absolute atomic E-state index is 0.0650. The number of nitrogens with zero attached hydrogens (tertiary/aromatic N) is 2. The zero-order valence-corrected chi connectivity index (χ0v) is 21.3. The lowest BCUT2D eigenvalue weighted by molar-refractivity contribution is 0.0970. The number of carbonyl (C=O) groups excluding carboxylic acids is 1. The van der Waals surface area contributed by atoms with E-state index in [9.17, 15) is 9.59 Å². The molecule has 3 heterocycles. The van der Waals surface area contributed by atoms with Gasteiger partial charge in [-0.05, 0) is 91.8 Å². The van der Waals surface area contributed by atoms with Gasteiger partial charge < -0.3 is 9.15 Å². The number of amides is 1. The van der Waals surface area contributed by atoms with E-state index in [2.05, 4.69) is 18.8 Å². The van der Waals surface area contributed by atoms with Crippen LogP contribution in [0.1, 0.15) is 64.7 Å². The SMILES string of the molecule is Cc1ccnc(N2C(=O)c3oc4cc(C)c(C)cc4c(=O)c3C2c2cccc(OCCC(C)C)c2)c1. The molecule has 36 heavy (non-hydrogen) atoms. The molecule has 184 valence electrons. The van der Waals surface area contributed by atoms with Crippen molar-refractivity contribution < 1.29 is 13.9 Å². The van der Waals surface area contributed by atoms with Crippen LogP contribution in [0.3, 0.4) is 0 Å². The highest BCUT2D eigenvalue weighted by Crippen LogP contribution is 2.41. The highest BCUT2D eigenvalue weighted by molar-refractivity contribution is 6.10. The molecule has 0 radical (unpaired) electrons. The van der Waals surface area contributed by atoms with Crippen molar-refractivity contribution in [3.63, 3.8) is 0 Å². The molecule has 6 heteroatoms. The van der Waals surface area contributed by atoms with Gasteiger partial charge in [0.2, 0.25) is 5.76 Å². The minimum atomic E-state index is -0.683. The lowest BCUT2D eigenvalue weighted by Crippen LogP contribution is -2.30. The van der Waals surface area contributed by atoms with Crippen molar-refractivity contribution >= 4 is 22.7 Å². The van der Waals surface area contributed by atoms with Gasteiger partial charge in [-0.15, -0.1) is 0 Å². The molecule has 2 aromatic carbocycles. The first-order valence-electron chi connectivity index (χ1n) is 12.3. The average molecular weight is 483 g/mol. The van der Waals surface area contributed by atoms with Crippen LogP contribution in [0.15, 0.2) is 63.9 Å². The summed E-state index contributed by atoms with van der Waals surface area (Å²) in [6, 6.07) is 14.3. The average Bonchev–Trinajstić information content (AvgIpc) is 3.13. The van der Waals surface area contributed by atoms with E-state index < -0.39 is 6.04 Å². The summed E-state index contributed by atoms with van der Waals surface area (Å²) < 4.78 is 12.1. The number of fused-ring (bicyclic) bond motifs is 2. The number of rotatable bonds is 6. The maximum absolute atomic E-state index is 13.9. The number of hydrogen-bond donors (Lipinski definition) is 0. The van der Waals surface area contributed by atoms with Crippen molar-refractivity contribution in [3.8, 4) is 5.75 Å². The maximum Gasteiger partial charge on any atom is 0.296 e. The van der Waals surface area contributed by atoms with Gasteiger partial charge in [-0.2, -0.15) is 0 Å². The van der Waals surface area contributed by atoms with Crippen LogP contribution in [-0.2, 0) is 0 Å². The molecule has 0 N–H and O–H groups in total. The van der Waals surface area contributed by atoms with Crippen molar-refractivity contribution in [2.45, 2.75) is 47.1 Å². The fourth-order valence-corrected chi connectivity index (χ4v) is 4.62. The molecule has 1 unspecified atom stereocenters. The van der Waals surface area contributed by atoms with Crippen LogP contribution in [0.4, 0.5) is 5.82 Å². The molecular weight excluding hydrogens is 452 g/mol. The molecule has 0 aliphatic carbocycles. The van der Waals surface area contributed by atoms with E-state index in [1.807, 2.05) is 69.3 Å². The van der Waals surface area contributed by atoms with E-state index in [0.29, 0.717) is 40.6 Å². The Labute approximate surface area is 210 Å². The fraction of sp³-hybridized carbons (Fsp3) is 0.300. The van der Waals surface area contributed by atoms with Crippen molar-refractivity contribution in [1.82, 2.24) is 4.98 Å². The second kappa shape index (κ2) is 9.26. The molecule has 1 atom stereocenters. The molecular formula is C30H30N2O4. The van der Waals surface area contributed by atoms with Crippen LogP contribution < -0.4 is 15.1 Å². The molecule has 6 nitrogen and oxygen atoms in total. The summed E-state index contributed by atoms with van der Waals surface area (Å²) >= 11 is 0. The second-order valence-electron chi connectivity index (χ2n) is 9.98. The summed E-state index contributed by atoms with van der Waals surface area (Å²) in [6.45, 7) is 10.8. The molecule has 0 saturated heterocycles. The van der Waals surface area contributed by atoms with Crippen LogP contribution in [0.2, 0.25) is 0 Å². The van der Waals surface area contributed by atoms with Gasteiger partial charge in [0.25, 0.3) is 5.91 Å². The number of benzene rings is 2. The molecule has 0 saturated carbocycles. The number of anilines is 1. The first kappa shape index (κ1) is 23.8. The Hall–Kier alpha value is -3.93. The Kier molecular flexibility index (Phi) is 6.12. The molecule has 2 aromatic heterocycles. The van der Waals surface area contributed by atoms with Gasteiger partial charge >= 0.3 is 0 Å². The molecule has 1 amide bonds. The van der Waals surface area contributed by atoms with Crippen molar-refractivity contribution in [1.29, 1.82) is 0 Å². The van der Waals surface area contributed by atoms with Gasteiger partial charge in [-0.3, -0.25) is 14.5 Å². The van der Waals surface area contributed by atoms with E-state index in [0.717, 1.165) is 28.7 Å². The zero-order chi connectivity index (χ0) is 25.6. The number of ether oxygens (including phenoxy) is 1. The molecule has 0 fully saturated rings. The third-order valence-corrected chi connectivity index (χ3v) is 6.77. The highest BCUT2D eigenvalue weighted by Gasteiger charge is 2.44. The molecule has 0 bridgehead atoms. The van der Waals surface area contributed by atoms with Gasteiger partial charge in [0.1, 0.15) is 17.2 Å². The summed E-state index contributed by atoms with van der Waals surface area (Å²) in [6.07, 6.45) is 2.60. The number of aromatic nitrogens is 1. The Bertz CT molecular complexity index is 1540. The molecule has 1 aliphatic rings. The third-order valence-electron chi connectivity index (χ3n) is 6.77. The lowest BCUT2D eigenvalue weighted by Gasteiger charge is -2.25. The zero-order valence-electron chi connectivity index (χ0n) is 21.3. The van der Waals surface area contributed by atoms with Crippen molar-refractivity contribution in [3.05, 3.63) is 98.5 Å². The molecule has 1 aliphatic heterocycles. The monoisotopic (exact) mass is 482 g/mol. The normalized spacial score (nSPS) is 15.1. The van der Waals surface area contributed by atoms with Crippen LogP contribution in [0.25, 0.3) is 11.0 Å². The number of aryl methyl sites for hydroxylation is 3. The van der Waals surface area contributed by atoms with Crippen LogP contribution in [-0.4, -0.2) is 17.5 Å². The largest absolute Gasteiger partial charge is 0.494 e. The first-order valence-corrected chi connectivity index (χ1v) is 12.3. The van der Waals surface area contributed by atoms with E-state index in [1.165, 1.54) is 0 Å². The number of pyridine rings is 1. The standard InChI is InChI=1S/C30H30N2O4/c1-17(2)10-12-35-22-8-6-7-21(16-22)27-26-28(33)23-14-19(4)20(5)15-24(23)36-29(26)30(34)32(27)25-13-18(3)9-11-31-25/h6-9,11,13-17,27H,10,12H2,1-5H3. The van der Waals surface area contributed by atoms with Gasteiger partial charge in [-0.1, -0.05) is 26.0 Å². The second-order valence-corrected chi connectivity index (χ2v) is 9.98. The number of hydrogen-bond acceptors (Lipinski definition) is 5. The molecule has 4 aromatic rings. The van der Waals surface area contributed by atoms with E-state index in [1.54, 1.807) is 11.1 Å². The summed E-state index contributed by atoms with van der Waals surface area (Å²) in [5.74, 6) is 1.38. The first-order chi connectivity index (χ1) is 17.2. The maximum atomic E-state index is 13.9. The van der Waals surface area contributed by atoms with E-state index in [-0.39, 0.29) is 17.1 Å². The van der Waals surface area contributed by atoms with E-state index in [4.69, 9.17) is 9.15 Å². The highest BCUT2D eigenvalue weighted by atomic mass is 16.5. The topological polar surface area (TPSA) is 72.6 Å². The summed E-state index contributed by atoms with van der Waals surface area (Å²) in [4.78, 5) is 33.7. The predicted octanol–water partition coefficient (Wildman–Crippen LogP) is 6.29.